The standard InChI is InChI=1S/C24H20N4O4S2/c1-14-10-16(15(2)28(14)18-4-6-19(29)7-5-18)11-17(13-25)23(30)27-24-26-21-9-8-20(34(3,31)32)12-22(21)33-24/h4-12,29H,1-3H3,(H,26,27,30)/b17-11+. The third-order valence-corrected chi connectivity index (χ3v) is 7.30. The number of phenols is 1. The Morgan fingerprint density at radius 3 is 2.53 bits per heavy atom. The van der Waals surface area contributed by atoms with Crippen LogP contribution < -0.4 is 5.32 Å². The molecule has 0 aliphatic carbocycles. The summed E-state index contributed by atoms with van der Waals surface area (Å²) in [5.41, 5.74) is 3.74. The van der Waals surface area contributed by atoms with Crippen molar-refractivity contribution in [2.75, 3.05) is 11.6 Å². The van der Waals surface area contributed by atoms with E-state index in [1.807, 2.05) is 30.6 Å². The summed E-state index contributed by atoms with van der Waals surface area (Å²) >= 11 is 1.13. The highest BCUT2D eigenvalue weighted by Crippen LogP contribution is 2.29. The van der Waals surface area contributed by atoms with Crippen molar-refractivity contribution in [2.24, 2.45) is 0 Å². The number of hydrogen-bond donors (Lipinski definition) is 2. The third kappa shape index (κ3) is 4.57. The molecule has 0 radical (unpaired) electrons. The van der Waals surface area contributed by atoms with Crippen LogP contribution in [0, 0.1) is 25.2 Å². The van der Waals surface area contributed by atoms with Crippen LogP contribution in [0.25, 0.3) is 22.0 Å². The second kappa shape index (κ2) is 8.78. The normalized spacial score (nSPS) is 12.0. The van der Waals surface area contributed by atoms with Gasteiger partial charge >= 0.3 is 0 Å². The van der Waals surface area contributed by atoms with Gasteiger partial charge in [0.1, 0.15) is 17.4 Å². The zero-order valence-corrected chi connectivity index (χ0v) is 20.2. The summed E-state index contributed by atoms with van der Waals surface area (Å²) < 4.78 is 26.1. The maximum Gasteiger partial charge on any atom is 0.268 e. The highest BCUT2D eigenvalue weighted by Gasteiger charge is 2.16. The number of carbonyl (C=O) groups is 1. The van der Waals surface area contributed by atoms with Gasteiger partial charge in [-0.2, -0.15) is 5.26 Å². The molecule has 1 amide bonds. The Hall–Kier alpha value is -3.94. The van der Waals surface area contributed by atoms with E-state index < -0.39 is 15.7 Å². The Labute approximate surface area is 200 Å². The highest BCUT2D eigenvalue weighted by atomic mass is 32.2. The molecule has 2 heterocycles. The molecule has 0 unspecified atom stereocenters. The van der Waals surface area contributed by atoms with Crippen LogP contribution in [0.5, 0.6) is 5.75 Å². The Bertz CT molecular complexity index is 1610. The minimum absolute atomic E-state index is 0.0953. The zero-order valence-electron chi connectivity index (χ0n) is 18.5. The molecule has 34 heavy (non-hydrogen) atoms. The number of fused-ring (bicyclic) bond motifs is 1. The van der Waals surface area contributed by atoms with Crippen LogP contribution in [0.2, 0.25) is 0 Å². The molecule has 0 saturated carbocycles. The van der Waals surface area contributed by atoms with Crippen molar-refractivity contribution in [3.8, 4) is 17.5 Å². The predicted molar refractivity (Wildman–Crippen MR) is 132 cm³/mol. The Balaban J connectivity index is 1.62. The number of phenolic OH excluding ortho intramolecular Hbond substituents is 1. The van der Waals surface area contributed by atoms with Crippen LogP contribution in [0.15, 0.2) is 59.0 Å². The quantitative estimate of drug-likeness (QED) is 0.315. The molecule has 0 fully saturated rings. The fourth-order valence-electron chi connectivity index (χ4n) is 3.59. The molecule has 0 bridgehead atoms. The summed E-state index contributed by atoms with van der Waals surface area (Å²) in [5.74, 6) is -0.448. The van der Waals surface area contributed by atoms with Crippen LogP contribution in [0.3, 0.4) is 0 Å². The molecule has 0 saturated heterocycles. The highest BCUT2D eigenvalue weighted by molar-refractivity contribution is 7.90. The van der Waals surface area contributed by atoms with Gasteiger partial charge in [-0.05, 0) is 74.0 Å². The molecule has 0 spiro atoms. The molecule has 10 heteroatoms. The van der Waals surface area contributed by atoms with E-state index >= 15 is 0 Å². The number of rotatable bonds is 5. The lowest BCUT2D eigenvalue weighted by Gasteiger charge is -2.09. The first kappa shape index (κ1) is 23.2. The molecule has 2 aromatic carbocycles. The van der Waals surface area contributed by atoms with Gasteiger partial charge in [-0.25, -0.2) is 13.4 Å². The number of aromatic hydroxyl groups is 1. The van der Waals surface area contributed by atoms with Gasteiger partial charge in [0.2, 0.25) is 0 Å². The molecule has 2 aromatic heterocycles. The molecule has 172 valence electrons. The summed E-state index contributed by atoms with van der Waals surface area (Å²) in [6.45, 7) is 3.79. The van der Waals surface area contributed by atoms with E-state index in [0.29, 0.717) is 15.8 Å². The van der Waals surface area contributed by atoms with E-state index in [4.69, 9.17) is 0 Å². The number of anilines is 1. The average Bonchev–Trinajstić information content (AvgIpc) is 3.30. The topological polar surface area (TPSA) is 125 Å². The Kier molecular flexibility index (Phi) is 6.00. The summed E-state index contributed by atoms with van der Waals surface area (Å²) in [6.07, 6.45) is 2.64. The van der Waals surface area contributed by atoms with Crippen molar-refractivity contribution in [2.45, 2.75) is 18.7 Å². The van der Waals surface area contributed by atoms with E-state index in [9.17, 15) is 23.6 Å². The second-order valence-electron chi connectivity index (χ2n) is 7.72. The number of thiazole rings is 1. The molecule has 4 aromatic rings. The number of benzene rings is 2. The number of carbonyl (C=O) groups excluding carboxylic acids is 1. The number of nitrogens with zero attached hydrogens (tertiary/aromatic N) is 3. The summed E-state index contributed by atoms with van der Waals surface area (Å²) in [4.78, 5) is 17.3. The number of hydrogen-bond acceptors (Lipinski definition) is 7. The first-order valence-electron chi connectivity index (χ1n) is 10.1. The monoisotopic (exact) mass is 492 g/mol. The van der Waals surface area contributed by atoms with E-state index in [1.165, 1.54) is 18.2 Å². The minimum atomic E-state index is -3.36. The predicted octanol–water partition coefficient (Wildman–Crippen LogP) is 4.36. The van der Waals surface area contributed by atoms with Gasteiger partial charge in [-0.3, -0.25) is 10.1 Å². The molecule has 4 rings (SSSR count). The smallest absolute Gasteiger partial charge is 0.268 e. The van der Waals surface area contributed by atoms with Gasteiger partial charge in [0, 0.05) is 23.3 Å². The lowest BCUT2D eigenvalue weighted by atomic mass is 10.1. The van der Waals surface area contributed by atoms with Crippen molar-refractivity contribution >= 4 is 48.5 Å². The number of nitrogens with one attached hydrogen (secondary N) is 1. The number of aryl methyl sites for hydroxylation is 1. The van der Waals surface area contributed by atoms with Crippen molar-refractivity contribution in [1.29, 1.82) is 5.26 Å². The lowest BCUT2D eigenvalue weighted by molar-refractivity contribution is -0.112. The Morgan fingerprint density at radius 1 is 1.18 bits per heavy atom. The molecule has 8 nitrogen and oxygen atoms in total. The average molecular weight is 493 g/mol. The van der Waals surface area contributed by atoms with Crippen molar-refractivity contribution in [3.63, 3.8) is 0 Å². The number of aromatic nitrogens is 2. The van der Waals surface area contributed by atoms with Crippen molar-refractivity contribution < 1.29 is 18.3 Å². The second-order valence-corrected chi connectivity index (χ2v) is 10.8. The fourth-order valence-corrected chi connectivity index (χ4v) is 5.21. The van der Waals surface area contributed by atoms with Crippen LogP contribution in [0.1, 0.15) is 17.0 Å². The van der Waals surface area contributed by atoms with E-state index in [-0.39, 0.29) is 21.3 Å². The van der Waals surface area contributed by atoms with Crippen LogP contribution in [-0.2, 0) is 14.6 Å². The van der Waals surface area contributed by atoms with Crippen molar-refractivity contribution in [1.82, 2.24) is 9.55 Å². The molecule has 2 N–H and O–H groups in total. The lowest BCUT2D eigenvalue weighted by Crippen LogP contribution is -2.13. The van der Waals surface area contributed by atoms with Crippen LogP contribution in [-0.4, -0.2) is 35.2 Å². The molecular weight excluding hydrogens is 472 g/mol. The SMILES string of the molecule is Cc1cc(/C=C(\C#N)C(=O)Nc2nc3ccc(S(C)(=O)=O)cc3s2)c(C)n1-c1ccc(O)cc1. The molecule has 0 aliphatic heterocycles. The summed E-state index contributed by atoms with van der Waals surface area (Å²) in [6, 6.07) is 15.1. The summed E-state index contributed by atoms with van der Waals surface area (Å²) in [5, 5.41) is 22.1. The zero-order chi connectivity index (χ0) is 24.6. The molecule has 0 atom stereocenters. The first-order valence-corrected chi connectivity index (χ1v) is 12.8. The van der Waals surface area contributed by atoms with Gasteiger partial charge in [-0.15, -0.1) is 0 Å². The minimum Gasteiger partial charge on any atom is -0.508 e. The van der Waals surface area contributed by atoms with E-state index in [1.54, 1.807) is 30.3 Å². The maximum absolute atomic E-state index is 12.8. The van der Waals surface area contributed by atoms with Gasteiger partial charge in [0.05, 0.1) is 15.1 Å². The fraction of sp³-hybridized carbons (Fsp3) is 0.125. The molecular formula is C24H20N4O4S2. The molecule has 0 aliphatic rings. The van der Waals surface area contributed by atoms with Gasteiger partial charge in [0.25, 0.3) is 5.91 Å². The number of amides is 1. The van der Waals surface area contributed by atoms with Crippen molar-refractivity contribution in [3.05, 3.63) is 71.1 Å². The number of sulfone groups is 1. The van der Waals surface area contributed by atoms with Crippen LogP contribution >= 0.6 is 11.3 Å². The maximum atomic E-state index is 12.8. The first-order chi connectivity index (χ1) is 16.1. The largest absolute Gasteiger partial charge is 0.508 e. The third-order valence-electron chi connectivity index (χ3n) is 5.25. The van der Waals surface area contributed by atoms with Gasteiger partial charge in [0.15, 0.2) is 15.0 Å². The van der Waals surface area contributed by atoms with Gasteiger partial charge < -0.3 is 9.67 Å². The van der Waals surface area contributed by atoms with Gasteiger partial charge in [-0.1, -0.05) is 11.3 Å². The van der Waals surface area contributed by atoms with E-state index in [2.05, 4.69) is 10.3 Å². The Morgan fingerprint density at radius 2 is 1.88 bits per heavy atom. The van der Waals surface area contributed by atoms with E-state index in [0.717, 1.165) is 34.7 Å². The number of nitriles is 1. The summed E-state index contributed by atoms with van der Waals surface area (Å²) in [7, 11) is -3.36. The van der Waals surface area contributed by atoms with Crippen LogP contribution in [0.4, 0.5) is 5.13 Å².